The monoisotopic (exact) mass is 372 g/mol. The number of fused-ring (bicyclic) bond motifs is 1. The Hall–Kier alpha value is -1.92. The van der Waals surface area contributed by atoms with Crippen molar-refractivity contribution in [1.29, 1.82) is 0 Å². The van der Waals surface area contributed by atoms with Crippen LogP contribution < -0.4 is 4.74 Å². The van der Waals surface area contributed by atoms with Crippen molar-refractivity contribution in [2.24, 2.45) is 5.92 Å². The van der Waals surface area contributed by atoms with Crippen molar-refractivity contribution in [3.8, 4) is 16.3 Å². The highest BCUT2D eigenvalue weighted by Gasteiger charge is 2.45. The average molecular weight is 372 g/mol. The maximum absolute atomic E-state index is 11.8. The topological polar surface area (TPSA) is 62.7 Å². The van der Waals surface area contributed by atoms with Gasteiger partial charge in [0.05, 0.1) is 18.4 Å². The number of aromatic nitrogens is 1. The van der Waals surface area contributed by atoms with Gasteiger partial charge < -0.3 is 9.84 Å². The summed E-state index contributed by atoms with van der Waals surface area (Å²) in [5, 5.41) is 12.7. The summed E-state index contributed by atoms with van der Waals surface area (Å²) < 4.78 is 5.44. The van der Waals surface area contributed by atoms with Gasteiger partial charge in [-0.1, -0.05) is 25.0 Å². The van der Waals surface area contributed by atoms with Gasteiger partial charge in [0.1, 0.15) is 16.8 Å². The van der Waals surface area contributed by atoms with Crippen LogP contribution in [0.2, 0.25) is 0 Å². The minimum absolute atomic E-state index is 0.375. The summed E-state index contributed by atoms with van der Waals surface area (Å²) >= 11 is 1.59. The fraction of sp³-hybridized carbons (Fsp3) is 0.500. The van der Waals surface area contributed by atoms with Crippen molar-refractivity contribution in [1.82, 2.24) is 9.88 Å². The summed E-state index contributed by atoms with van der Waals surface area (Å²) in [6, 6.07) is 7.88. The van der Waals surface area contributed by atoms with Crippen LogP contribution in [0.5, 0.6) is 5.75 Å². The molecule has 138 valence electrons. The van der Waals surface area contributed by atoms with E-state index in [4.69, 9.17) is 9.72 Å². The molecule has 0 radical (unpaired) electrons. The van der Waals surface area contributed by atoms with E-state index in [2.05, 4.69) is 10.3 Å². The molecule has 1 N–H and O–H groups in total. The van der Waals surface area contributed by atoms with Crippen molar-refractivity contribution < 1.29 is 14.6 Å². The number of carboxylic acid groups (broad SMARTS) is 1. The molecular formula is C20H24N2O3S. The van der Waals surface area contributed by atoms with Crippen molar-refractivity contribution in [3.05, 3.63) is 35.3 Å². The smallest absolute Gasteiger partial charge is 0.320 e. The van der Waals surface area contributed by atoms with Crippen molar-refractivity contribution in [2.75, 3.05) is 7.11 Å². The van der Waals surface area contributed by atoms with E-state index in [1.807, 2.05) is 24.3 Å². The summed E-state index contributed by atoms with van der Waals surface area (Å²) in [6.45, 7) is 0.615. The zero-order chi connectivity index (χ0) is 18.1. The van der Waals surface area contributed by atoms with E-state index < -0.39 is 5.97 Å². The molecule has 1 saturated heterocycles. The normalized spacial score (nSPS) is 25.8. The predicted octanol–water partition coefficient (Wildman–Crippen LogP) is 4.04. The lowest BCUT2D eigenvalue weighted by Gasteiger charge is -2.32. The third-order valence-electron chi connectivity index (χ3n) is 5.74. The minimum atomic E-state index is -0.695. The largest absolute Gasteiger partial charge is 0.496 e. The van der Waals surface area contributed by atoms with E-state index in [0.717, 1.165) is 41.3 Å². The van der Waals surface area contributed by atoms with E-state index in [1.54, 1.807) is 18.4 Å². The molecule has 2 aromatic rings. The molecule has 2 fully saturated rings. The maximum Gasteiger partial charge on any atom is 0.320 e. The molecule has 3 atom stereocenters. The number of nitrogens with zero attached hydrogens (tertiary/aromatic N) is 2. The van der Waals surface area contributed by atoms with Gasteiger partial charge in [-0.25, -0.2) is 4.98 Å². The molecule has 2 heterocycles. The van der Waals surface area contributed by atoms with E-state index in [9.17, 15) is 9.90 Å². The first-order valence-corrected chi connectivity index (χ1v) is 10.1. The highest BCUT2D eigenvalue weighted by atomic mass is 32.1. The van der Waals surface area contributed by atoms with Crippen LogP contribution in [0.4, 0.5) is 0 Å². The lowest BCUT2D eigenvalue weighted by molar-refractivity contribution is -0.142. The van der Waals surface area contributed by atoms with Crippen LogP contribution >= 0.6 is 11.3 Å². The Balaban J connectivity index is 1.57. The van der Waals surface area contributed by atoms with Gasteiger partial charge in [-0.15, -0.1) is 11.3 Å². The van der Waals surface area contributed by atoms with Gasteiger partial charge in [0.25, 0.3) is 0 Å². The predicted molar refractivity (Wildman–Crippen MR) is 101 cm³/mol. The first kappa shape index (κ1) is 17.5. The number of thiazole rings is 1. The van der Waals surface area contributed by atoms with Crippen LogP contribution in [0.25, 0.3) is 10.6 Å². The van der Waals surface area contributed by atoms with Gasteiger partial charge in [-0.05, 0) is 37.3 Å². The van der Waals surface area contributed by atoms with E-state index in [1.165, 1.54) is 12.8 Å². The molecule has 5 nitrogen and oxygen atoms in total. The van der Waals surface area contributed by atoms with Crippen LogP contribution in [-0.4, -0.2) is 40.2 Å². The second kappa shape index (κ2) is 7.37. The van der Waals surface area contributed by atoms with Crippen LogP contribution in [0, 0.1) is 5.92 Å². The van der Waals surface area contributed by atoms with Gasteiger partial charge in [-0.3, -0.25) is 9.69 Å². The number of benzene rings is 1. The van der Waals surface area contributed by atoms with Gasteiger partial charge in [0.15, 0.2) is 0 Å². The Morgan fingerprint density at radius 3 is 2.96 bits per heavy atom. The van der Waals surface area contributed by atoms with Gasteiger partial charge in [0, 0.05) is 18.0 Å². The maximum atomic E-state index is 11.8. The highest BCUT2D eigenvalue weighted by molar-refractivity contribution is 7.13. The second-order valence-corrected chi connectivity index (χ2v) is 8.08. The molecule has 6 heteroatoms. The Labute approximate surface area is 157 Å². The fourth-order valence-corrected chi connectivity index (χ4v) is 5.38. The molecular weight excluding hydrogens is 348 g/mol. The van der Waals surface area contributed by atoms with Crippen LogP contribution in [0.3, 0.4) is 0 Å². The molecule has 26 heavy (non-hydrogen) atoms. The van der Waals surface area contributed by atoms with Crippen molar-refractivity contribution in [2.45, 2.75) is 50.7 Å². The standard InChI is InChI=1S/C20H24N2O3S/c1-25-18-9-5-3-7-15(18)19-21-14(12-26-19)11-22-16-8-4-2-6-13(16)10-17(22)20(23)24/h3,5,7,9,12-13,16-17H,2,4,6,8,10-11H2,1H3,(H,23,24). The number of methoxy groups -OCH3 is 1. The fourth-order valence-electron chi connectivity index (χ4n) is 4.53. The van der Waals surface area contributed by atoms with Crippen molar-refractivity contribution >= 4 is 17.3 Å². The Morgan fingerprint density at radius 2 is 2.15 bits per heavy atom. The molecule has 2 aliphatic rings. The molecule has 1 aliphatic heterocycles. The second-order valence-electron chi connectivity index (χ2n) is 7.22. The van der Waals surface area contributed by atoms with Crippen LogP contribution in [-0.2, 0) is 11.3 Å². The molecule has 4 rings (SSSR count). The van der Waals surface area contributed by atoms with Crippen molar-refractivity contribution in [3.63, 3.8) is 0 Å². The van der Waals surface area contributed by atoms with E-state index in [-0.39, 0.29) is 6.04 Å². The number of hydrogen-bond acceptors (Lipinski definition) is 5. The number of likely N-dealkylation sites (tertiary alicyclic amines) is 1. The highest BCUT2D eigenvalue weighted by Crippen LogP contribution is 2.41. The summed E-state index contributed by atoms with van der Waals surface area (Å²) in [5.74, 6) is 0.641. The first-order chi connectivity index (χ1) is 12.7. The third kappa shape index (κ3) is 3.23. The zero-order valence-corrected chi connectivity index (χ0v) is 15.7. The molecule has 0 bridgehead atoms. The number of hydrogen-bond donors (Lipinski definition) is 1. The molecule has 3 unspecified atom stereocenters. The van der Waals surface area contributed by atoms with Gasteiger partial charge in [-0.2, -0.15) is 0 Å². The Bertz CT molecular complexity index is 791. The molecule has 0 spiro atoms. The number of aliphatic carboxylic acids is 1. The molecule has 1 saturated carbocycles. The van der Waals surface area contributed by atoms with Gasteiger partial charge >= 0.3 is 5.97 Å². The number of rotatable bonds is 5. The van der Waals surface area contributed by atoms with Gasteiger partial charge in [0.2, 0.25) is 0 Å². The number of ether oxygens (including phenoxy) is 1. The number of carboxylic acids is 1. The minimum Gasteiger partial charge on any atom is -0.496 e. The number of para-hydroxylation sites is 1. The Morgan fingerprint density at radius 1 is 1.35 bits per heavy atom. The molecule has 1 aromatic heterocycles. The van der Waals surface area contributed by atoms with E-state index in [0.29, 0.717) is 18.5 Å². The third-order valence-corrected chi connectivity index (χ3v) is 6.66. The van der Waals surface area contributed by atoms with Crippen LogP contribution in [0.1, 0.15) is 37.8 Å². The SMILES string of the molecule is COc1ccccc1-c1nc(CN2C(C(=O)O)CC3CCCCC32)cs1. The summed E-state index contributed by atoms with van der Waals surface area (Å²) in [5.41, 5.74) is 1.94. The van der Waals surface area contributed by atoms with Crippen LogP contribution in [0.15, 0.2) is 29.6 Å². The summed E-state index contributed by atoms with van der Waals surface area (Å²) in [6.07, 6.45) is 5.49. The lowest BCUT2D eigenvalue weighted by atomic mass is 9.85. The van der Waals surface area contributed by atoms with E-state index >= 15 is 0 Å². The summed E-state index contributed by atoms with van der Waals surface area (Å²) in [4.78, 5) is 18.8. The molecule has 1 aromatic carbocycles. The summed E-state index contributed by atoms with van der Waals surface area (Å²) in [7, 11) is 1.66. The molecule has 1 aliphatic carbocycles. The Kier molecular flexibility index (Phi) is 4.96. The average Bonchev–Trinajstić information content (AvgIpc) is 3.27. The zero-order valence-electron chi connectivity index (χ0n) is 14.9. The quantitative estimate of drug-likeness (QED) is 0.858. The number of carbonyl (C=O) groups is 1. The molecule has 0 amide bonds. The first-order valence-electron chi connectivity index (χ1n) is 9.23. The lowest BCUT2D eigenvalue weighted by Crippen LogP contribution is -2.41.